The number of halogens is 2. The summed E-state index contributed by atoms with van der Waals surface area (Å²) in [6.07, 6.45) is 1.81. The number of para-hydroxylation sites is 1. The lowest BCUT2D eigenvalue weighted by Gasteiger charge is -2.12. The molecule has 3 aromatic carbocycles. The molecule has 0 spiro atoms. The van der Waals surface area contributed by atoms with Crippen LogP contribution in [0.1, 0.15) is 5.56 Å². The van der Waals surface area contributed by atoms with E-state index in [4.69, 9.17) is 16.6 Å². The van der Waals surface area contributed by atoms with Crippen LogP contribution in [0.15, 0.2) is 96.7 Å². The summed E-state index contributed by atoms with van der Waals surface area (Å²) in [7, 11) is 0. The Morgan fingerprint density at radius 3 is 2.56 bits per heavy atom. The molecule has 0 unspecified atom stereocenters. The Bertz CT molecular complexity index is 1480. The van der Waals surface area contributed by atoms with Gasteiger partial charge in [-0.2, -0.15) is 0 Å². The van der Waals surface area contributed by atoms with Gasteiger partial charge < -0.3 is 0 Å². The summed E-state index contributed by atoms with van der Waals surface area (Å²) in [5.41, 5.74) is 4.26. The van der Waals surface area contributed by atoms with E-state index in [1.807, 2.05) is 59.2 Å². The number of aromatic nitrogens is 4. The number of thioether (sulfide) groups is 1. The summed E-state index contributed by atoms with van der Waals surface area (Å²) < 4.78 is 16.3. The summed E-state index contributed by atoms with van der Waals surface area (Å²) in [4.78, 5) is 4.87. The summed E-state index contributed by atoms with van der Waals surface area (Å²) in [5.74, 6) is 0.794. The fraction of sp³-hybridized carbons (Fsp3) is 0.0741. The first-order valence-electron chi connectivity index (χ1n) is 10.7. The Hall–Kier alpha value is -3.48. The first-order valence-corrected chi connectivity index (χ1v) is 12.1. The fourth-order valence-electron chi connectivity index (χ4n) is 3.79. The van der Waals surface area contributed by atoms with Gasteiger partial charge in [-0.1, -0.05) is 84.0 Å². The number of hydrogen-bond acceptors (Lipinski definition) is 4. The van der Waals surface area contributed by atoms with E-state index in [2.05, 4.69) is 22.8 Å². The van der Waals surface area contributed by atoms with Crippen LogP contribution >= 0.6 is 23.4 Å². The van der Waals surface area contributed by atoms with Gasteiger partial charge in [0, 0.05) is 33.8 Å². The van der Waals surface area contributed by atoms with E-state index in [0.717, 1.165) is 33.5 Å². The van der Waals surface area contributed by atoms with Crippen LogP contribution in [0.2, 0.25) is 5.02 Å². The van der Waals surface area contributed by atoms with Crippen LogP contribution in [0, 0.1) is 5.82 Å². The van der Waals surface area contributed by atoms with Crippen LogP contribution in [-0.2, 0) is 12.3 Å². The van der Waals surface area contributed by atoms with E-state index >= 15 is 0 Å². The molecular formula is C27H20ClFN4S. The first-order chi connectivity index (χ1) is 16.6. The molecular weight excluding hydrogens is 467 g/mol. The molecule has 0 aliphatic rings. The van der Waals surface area contributed by atoms with Crippen molar-refractivity contribution in [2.75, 3.05) is 0 Å². The number of pyridine rings is 1. The molecule has 4 nitrogen and oxygen atoms in total. The molecule has 34 heavy (non-hydrogen) atoms. The van der Waals surface area contributed by atoms with Gasteiger partial charge in [0.15, 0.2) is 11.0 Å². The maximum atomic E-state index is 14.3. The molecule has 0 atom stereocenters. The van der Waals surface area contributed by atoms with Gasteiger partial charge in [0.25, 0.3) is 0 Å². The van der Waals surface area contributed by atoms with Crippen molar-refractivity contribution < 1.29 is 4.39 Å². The number of allylic oxidation sites excluding steroid dienone is 1. The molecule has 7 heteroatoms. The second kappa shape index (κ2) is 9.79. The molecule has 0 fully saturated rings. The smallest absolute Gasteiger partial charge is 0.192 e. The molecule has 0 saturated carbocycles. The van der Waals surface area contributed by atoms with Gasteiger partial charge in [0.05, 0.1) is 11.2 Å². The molecule has 0 aliphatic carbocycles. The minimum atomic E-state index is -0.331. The summed E-state index contributed by atoms with van der Waals surface area (Å²) >= 11 is 7.31. The van der Waals surface area contributed by atoms with Crippen molar-refractivity contribution in [2.24, 2.45) is 0 Å². The highest BCUT2D eigenvalue weighted by Crippen LogP contribution is 2.34. The summed E-state index contributed by atoms with van der Waals surface area (Å²) in [5, 5.41) is 11.0. The van der Waals surface area contributed by atoms with Gasteiger partial charge in [-0.25, -0.2) is 9.37 Å². The van der Waals surface area contributed by atoms with Crippen LogP contribution in [0.4, 0.5) is 4.39 Å². The van der Waals surface area contributed by atoms with Crippen LogP contribution < -0.4 is 0 Å². The SMILES string of the molecule is C=CCn1c(SCc2ccc(Cl)cc2F)nnc1-c1cc(-c2ccccc2)nc2ccccc12. The number of nitrogens with zero attached hydrogens (tertiary/aromatic N) is 4. The Kier molecular flexibility index (Phi) is 6.43. The molecule has 0 bridgehead atoms. The topological polar surface area (TPSA) is 43.6 Å². The van der Waals surface area contributed by atoms with Gasteiger partial charge in [0.2, 0.25) is 0 Å². The van der Waals surface area contributed by atoms with E-state index in [-0.39, 0.29) is 5.82 Å². The lowest BCUT2D eigenvalue weighted by atomic mass is 10.0. The first kappa shape index (κ1) is 22.3. The minimum absolute atomic E-state index is 0.331. The van der Waals surface area contributed by atoms with E-state index in [9.17, 15) is 4.39 Å². The van der Waals surface area contributed by atoms with Crippen molar-refractivity contribution in [3.63, 3.8) is 0 Å². The van der Waals surface area contributed by atoms with E-state index in [1.54, 1.807) is 18.2 Å². The van der Waals surface area contributed by atoms with E-state index in [1.165, 1.54) is 17.8 Å². The normalized spacial score (nSPS) is 11.1. The Labute approximate surface area is 206 Å². The minimum Gasteiger partial charge on any atom is -0.298 e. The third-order valence-electron chi connectivity index (χ3n) is 5.43. The Morgan fingerprint density at radius 1 is 0.971 bits per heavy atom. The van der Waals surface area contributed by atoms with Gasteiger partial charge in [-0.05, 0) is 29.8 Å². The van der Waals surface area contributed by atoms with Crippen molar-refractivity contribution in [2.45, 2.75) is 17.5 Å². The monoisotopic (exact) mass is 486 g/mol. The van der Waals surface area contributed by atoms with Crippen molar-refractivity contribution >= 4 is 34.3 Å². The average molecular weight is 487 g/mol. The zero-order valence-electron chi connectivity index (χ0n) is 18.2. The van der Waals surface area contributed by atoms with Crippen LogP contribution in [0.5, 0.6) is 0 Å². The summed E-state index contributed by atoms with van der Waals surface area (Å²) in [6, 6.07) is 24.8. The number of fused-ring (bicyclic) bond motifs is 1. The molecule has 2 heterocycles. The molecule has 5 rings (SSSR count). The molecule has 168 valence electrons. The lowest BCUT2D eigenvalue weighted by molar-refractivity contribution is 0.617. The largest absolute Gasteiger partial charge is 0.298 e. The fourth-order valence-corrected chi connectivity index (χ4v) is 4.88. The summed E-state index contributed by atoms with van der Waals surface area (Å²) in [6.45, 7) is 4.43. The highest BCUT2D eigenvalue weighted by atomic mass is 35.5. The number of benzene rings is 3. The Morgan fingerprint density at radius 2 is 1.76 bits per heavy atom. The standard InChI is InChI=1S/C27H20ClFN4S/c1-2-14-33-26(31-32-27(33)34-17-19-12-13-20(28)15-23(19)29)22-16-25(18-8-4-3-5-9-18)30-24-11-7-6-10-21(22)24/h2-13,15-16H,1,14,17H2. The average Bonchev–Trinajstić information content (AvgIpc) is 3.26. The molecule has 2 aromatic heterocycles. The predicted molar refractivity (Wildman–Crippen MR) is 137 cm³/mol. The van der Waals surface area contributed by atoms with Gasteiger partial charge in [0.1, 0.15) is 5.82 Å². The van der Waals surface area contributed by atoms with E-state index < -0.39 is 0 Å². The van der Waals surface area contributed by atoms with Gasteiger partial charge in [-0.15, -0.1) is 16.8 Å². The van der Waals surface area contributed by atoms with Gasteiger partial charge in [-0.3, -0.25) is 4.57 Å². The van der Waals surface area contributed by atoms with Crippen molar-refractivity contribution in [1.82, 2.24) is 19.7 Å². The zero-order chi connectivity index (χ0) is 23.5. The molecule has 0 amide bonds. The van der Waals surface area contributed by atoms with Crippen LogP contribution in [-0.4, -0.2) is 19.7 Å². The third-order valence-corrected chi connectivity index (χ3v) is 6.68. The third kappa shape index (κ3) is 4.47. The van der Waals surface area contributed by atoms with Crippen molar-refractivity contribution in [3.8, 4) is 22.6 Å². The second-order valence-corrected chi connectivity index (χ2v) is 9.05. The number of rotatable bonds is 7. The quantitative estimate of drug-likeness (QED) is 0.177. The highest BCUT2D eigenvalue weighted by Gasteiger charge is 2.18. The molecule has 0 aliphatic heterocycles. The van der Waals surface area contributed by atoms with Crippen molar-refractivity contribution in [3.05, 3.63) is 108 Å². The van der Waals surface area contributed by atoms with Crippen LogP contribution in [0.3, 0.4) is 0 Å². The van der Waals surface area contributed by atoms with Gasteiger partial charge >= 0.3 is 0 Å². The predicted octanol–water partition coefficient (Wildman–Crippen LogP) is 7.43. The maximum Gasteiger partial charge on any atom is 0.192 e. The highest BCUT2D eigenvalue weighted by molar-refractivity contribution is 7.98. The second-order valence-electron chi connectivity index (χ2n) is 7.67. The molecule has 0 N–H and O–H groups in total. The molecule has 0 radical (unpaired) electrons. The van der Waals surface area contributed by atoms with E-state index in [0.29, 0.717) is 28.0 Å². The number of hydrogen-bond donors (Lipinski definition) is 0. The molecule has 0 saturated heterocycles. The molecule has 5 aromatic rings. The van der Waals surface area contributed by atoms with Crippen LogP contribution in [0.25, 0.3) is 33.5 Å². The maximum absolute atomic E-state index is 14.3. The lowest BCUT2D eigenvalue weighted by Crippen LogP contribution is -2.02. The zero-order valence-corrected chi connectivity index (χ0v) is 19.7. The van der Waals surface area contributed by atoms with Crippen molar-refractivity contribution in [1.29, 1.82) is 0 Å². The Balaban J connectivity index is 1.59.